The summed E-state index contributed by atoms with van der Waals surface area (Å²) in [5.41, 5.74) is 0.254. The van der Waals surface area contributed by atoms with Crippen LogP contribution in [0.5, 0.6) is 0 Å². The number of hydrogen-bond donors (Lipinski definition) is 1. The molecular weight excluding hydrogens is 294 g/mol. The summed E-state index contributed by atoms with van der Waals surface area (Å²) < 4.78 is 50.4. The van der Waals surface area contributed by atoms with Gasteiger partial charge >= 0.3 is 6.18 Å². The molecule has 20 heavy (non-hydrogen) atoms. The van der Waals surface area contributed by atoms with E-state index in [0.29, 0.717) is 6.54 Å². The lowest BCUT2D eigenvalue weighted by atomic mass is 10.00. The molecular formula is C14H18ClF4N. The van der Waals surface area contributed by atoms with E-state index in [-0.39, 0.29) is 23.4 Å². The van der Waals surface area contributed by atoms with Crippen LogP contribution < -0.4 is 5.32 Å². The van der Waals surface area contributed by atoms with Crippen molar-refractivity contribution in [3.05, 3.63) is 34.6 Å². The maximum Gasteiger partial charge on any atom is 0.389 e. The van der Waals surface area contributed by atoms with Gasteiger partial charge in [-0.05, 0) is 37.9 Å². The minimum Gasteiger partial charge on any atom is -0.310 e. The van der Waals surface area contributed by atoms with Crippen molar-refractivity contribution >= 4 is 11.6 Å². The number of nitrogens with one attached hydrogen (secondary N) is 1. The first-order valence-corrected chi connectivity index (χ1v) is 6.97. The average Bonchev–Trinajstić information content (AvgIpc) is 2.33. The van der Waals surface area contributed by atoms with Gasteiger partial charge in [0.15, 0.2) is 0 Å². The van der Waals surface area contributed by atoms with Crippen molar-refractivity contribution < 1.29 is 17.6 Å². The van der Waals surface area contributed by atoms with Crippen LogP contribution >= 0.6 is 11.6 Å². The van der Waals surface area contributed by atoms with E-state index in [4.69, 9.17) is 11.6 Å². The number of alkyl halides is 3. The Morgan fingerprint density at radius 1 is 1.30 bits per heavy atom. The topological polar surface area (TPSA) is 12.0 Å². The van der Waals surface area contributed by atoms with Gasteiger partial charge in [-0.3, -0.25) is 0 Å². The van der Waals surface area contributed by atoms with E-state index >= 15 is 0 Å². The third-order valence-corrected chi connectivity index (χ3v) is 3.27. The summed E-state index contributed by atoms with van der Waals surface area (Å²) in [5.74, 6) is -0.488. The molecule has 114 valence electrons. The molecule has 0 aromatic heterocycles. The normalized spacial score (nSPS) is 13.5. The second-order valence-electron chi connectivity index (χ2n) is 4.65. The highest BCUT2D eigenvalue weighted by Crippen LogP contribution is 2.31. The van der Waals surface area contributed by atoms with Crippen LogP contribution in [0.4, 0.5) is 17.6 Å². The van der Waals surface area contributed by atoms with Gasteiger partial charge in [0.1, 0.15) is 5.82 Å². The Labute approximate surface area is 121 Å². The highest BCUT2D eigenvalue weighted by Gasteiger charge is 2.27. The van der Waals surface area contributed by atoms with E-state index in [9.17, 15) is 17.6 Å². The van der Waals surface area contributed by atoms with Gasteiger partial charge in [0, 0.05) is 23.0 Å². The molecule has 1 unspecified atom stereocenters. The van der Waals surface area contributed by atoms with E-state index in [1.165, 1.54) is 12.1 Å². The van der Waals surface area contributed by atoms with Crippen LogP contribution in [0, 0.1) is 5.82 Å². The molecule has 0 saturated carbocycles. The van der Waals surface area contributed by atoms with Crippen LogP contribution in [0.3, 0.4) is 0 Å². The summed E-state index contributed by atoms with van der Waals surface area (Å²) in [4.78, 5) is 0. The van der Waals surface area contributed by atoms with Gasteiger partial charge in [0.2, 0.25) is 0 Å². The van der Waals surface area contributed by atoms with Crippen LogP contribution in [-0.2, 0) is 0 Å². The maximum absolute atomic E-state index is 13.8. The lowest BCUT2D eigenvalue weighted by Crippen LogP contribution is -2.24. The molecule has 1 rings (SSSR count). The standard InChI is InChI=1S/C14H18ClF4N/c1-2-9-20-12(7-4-8-14(17,18)19)13-10(15)5-3-6-11(13)16/h3,5-6,12,20H,2,4,7-9H2,1H3. The Hall–Kier alpha value is -0.810. The molecule has 0 saturated heterocycles. The molecule has 0 radical (unpaired) electrons. The van der Waals surface area contributed by atoms with Crippen LogP contribution in [0.15, 0.2) is 18.2 Å². The fourth-order valence-corrected chi connectivity index (χ4v) is 2.31. The van der Waals surface area contributed by atoms with E-state index in [1.807, 2.05) is 6.92 Å². The average molecular weight is 312 g/mol. The Morgan fingerprint density at radius 2 is 2.00 bits per heavy atom. The maximum atomic E-state index is 13.8. The molecule has 1 aromatic rings. The SMILES string of the molecule is CCCNC(CCCC(F)(F)F)c1c(F)cccc1Cl. The van der Waals surface area contributed by atoms with Gasteiger partial charge in [-0.25, -0.2) is 4.39 Å². The molecule has 1 atom stereocenters. The number of rotatable bonds is 7. The highest BCUT2D eigenvalue weighted by molar-refractivity contribution is 6.31. The first-order valence-electron chi connectivity index (χ1n) is 6.59. The Balaban J connectivity index is 2.78. The molecule has 0 spiro atoms. The first kappa shape index (κ1) is 17.2. The first-order chi connectivity index (χ1) is 9.35. The molecule has 1 aromatic carbocycles. The van der Waals surface area contributed by atoms with Crippen LogP contribution in [0.25, 0.3) is 0 Å². The fraction of sp³-hybridized carbons (Fsp3) is 0.571. The van der Waals surface area contributed by atoms with Gasteiger partial charge < -0.3 is 5.32 Å². The zero-order valence-electron chi connectivity index (χ0n) is 11.2. The van der Waals surface area contributed by atoms with Crippen LogP contribution in [0.1, 0.15) is 44.2 Å². The Morgan fingerprint density at radius 3 is 2.55 bits per heavy atom. The quantitative estimate of drug-likeness (QED) is 0.678. The predicted octanol–water partition coefficient (Wildman–Crippen LogP) is 5.25. The van der Waals surface area contributed by atoms with E-state index in [0.717, 1.165) is 6.42 Å². The van der Waals surface area contributed by atoms with Gasteiger partial charge in [-0.2, -0.15) is 13.2 Å². The van der Waals surface area contributed by atoms with Crippen molar-refractivity contribution in [2.45, 2.75) is 44.8 Å². The summed E-state index contributed by atoms with van der Waals surface area (Å²) >= 11 is 5.97. The van der Waals surface area contributed by atoms with E-state index in [2.05, 4.69) is 5.32 Å². The molecule has 0 aliphatic heterocycles. The van der Waals surface area contributed by atoms with Gasteiger partial charge in [0.05, 0.1) is 0 Å². The minimum atomic E-state index is -4.19. The largest absolute Gasteiger partial charge is 0.389 e. The molecule has 0 amide bonds. The summed E-state index contributed by atoms with van der Waals surface area (Å²) in [7, 11) is 0. The van der Waals surface area contributed by atoms with Crippen molar-refractivity contribution in [2.75, 3.05) is 6.54 Å². The molecule has 0 aliphatic carbocycles. The third kappa shape index (κ3) is 5.67. The minimum absolute atomic E-state index is 0.0600. The van der Waals surface area contributed by atoms with Gasteiger partial charge in [0.25, 0.3) is 0 Å². The third-order valence-electron chi connectivity index (χ3n) is 2.94. The Bertz CT molecular complexity index is 400. The van der Waals surface area contributed by atoms with Crippen molar-refractivity contribution in [2.24, 2.45) is 0 Å². The number of benzene rings is 1. The number of hydrogen-bond acceptors (Lipinski definition) is 1. The molecule has 0 heterocycles. The van der Waals surface area contributed by atoms with Crippen molar-refractivity contribution in [1.82, 2.24) is 5.32 Å². The smallest absolute Gasteiger partial charge is 0.310 e. The van der Waals surface area contributed by atoms with Gasteiger partial charge in [-0.15, -0.1) is 0 Å². The van der Waals surface area contributed by atoms with E-state index < -0.39 is 24.5 Å². The lowest BCUT2D eigenvalue weighted by molar-refractivity contribution is -0.135. The molecule has 0 bridgehead atoms. The molecule has 6 heteroatoms. The van der Waals surface area contributed by atoms with Gasteiger partial charge in [-0.1, -0.05) is 24.6 Å². The van der Waals surface area contributed by atoms with Crippen molar-refractivity contribution in [1.29, 1.82) is 0 Å². The molecule has 0 aliphatic rings. The lowest BCUT2D eigenvalue weighted by Gasteiger charge is -2.21. The summed E-state index contributed by atoms with van der Waals surface area (Å²) in [6.07, 6.45) is -4.12. The number of halogens is 5. The molecule has 1 nitrogen and oxygen atoms in total. The van der Waals surface area contributed by atoms with Crippen LogP contribution in [-0.4, -0.2) is 12.7 Å². The predicted molar refractivity (Wildman–Crippen MR) is 72.4 cm³/mol. The Kier molecular flexibility index (Phi) is 6.76. The second kappa shape index (κ2) is 7.84. The second-order valence-corrected chi connectivity index (χ2v) is 5.06. The molecule has 1 N–H and O–H groups in total. The monoisotopic (exact) mass is 311 g/mol. The van der Waals surface area contributed by atoms with Crippen molar-refractivity contribution in [3.63, 3.8) is 0 Å². The zero-order chi connectivity index (χ0) is 15.2. The fourth-order valence-electron chi connectivity index (χ4n) is 2.02. The molecule has 0 fully saturated rings. The van der Waals surface area contributed by atoms with Crippen LogP contribution in [0.2, 0.25) is 5.02 Å². The summed E-state index contributed by atoms with van der Waals surface area (Å²) in [6, 6.07) is 3.80. The summed E-state index contributed by atoms with van der Waals surface area (Å²) in [6.45, 7) is 2.53. The van der Waals surface area contributed by atoms with Crippen molar-refractivity contribution in [3.8, 4) is 0 Å². The highest BCUT2D eigenvalue weighted by atomic mass is 35.5. The zero-order valence-corrected chi connectivity index (χ0v) is 12.0. The van der Waals surface area contributed by atoms with E-state index in [1.54, 1.807) is 6.07 Å². The summed E-state index contributed by atoms with van der Waals surface area (Å²) in [5, 5.41) is 3.30.